The van der Waals surface area contributed by atoms with E-state index in [0.29, 0.717) is 24.9 Å². The number of rotatable bonds is 7. The maximum atomic E-state index is 11.7. The second-order valence-electron chi connectivity index (χ2n) is 4.55. The molecule has 0 radical (unpaired) electrons. The summed E-state index contributed by atoms with van der Waals surface area (Å²) < 4.78 is 0. The normalized spacial score (nSPS) is 24.6. The molecular weight excluding hydrogens is 220 g/mol. The molecule has 0 aromatic rings. The Bertz CT molecular complexity index is 211. The smallest absolute Gasteiger partial charge is 0.220 e. The van der Waals surface area contributed by atoms with Gasteiger partial charge in [0.15, 0.2) is 0 Å². The maximum absolute atomic E-state index is 11.7. The topological polar surface area (TPSA) is 55.1 Å². The first-order chi connectivity index (χ1) is 7.77. The third-order valence-corrected chi connectivity index (χ3v) is 4.01. The van der Waals surface area contributed by atoms with Crippen LogP contribution in [0.3, 0.4) is 0 Å². The summed E-state index contributed by atoms with van der Waals surface area (Å²) in [5.41, 5.74) is 5.69. The van der Waals surface area contributed by atoms with Crippen molar-refractivity contribution in [3.63, 3.8) is 0 Å². The van der Waals surface area contributed by atoms with Crippen molar-refractivity contribution in [3.05, 3.63) is 0 Å². The van der Waals surface area contributed by atoms with Crippen LogP contribution in [-0.4, -0.2) is 30.5 Å². The van der Waals surface area contributed by atoms with Crippen molar-refractivity contribution >= 4 is 17.7 Å². The average molecular weight is 244 g/mol. The van der Waals surface area contributed by atoms with E-state index < -0.39 is 0 Å². The summed E-state index contributed by atoms with van der Waals surface area (Å²) in [6.45, 7) is 0.706. The van der Waals surface area contributed by atoms with Crippen LogP contribution in [0.2, 0.25) is 0 Å². The average Bonchev–Trinajstić information content (AvgIpc) is 2.71. The van der Waals surface area contributed by atoms with Gasteiger partial charge in [0, 0.05) is 12.5 Å². The number of nitrogens with one attached hydrogen (secondary N) is 1. The molecule has 1 amide bonds. The van der Waals surface area contributed by atoms with Crippen molar-refractivity contribution in [2.24, 2.45) is 11.7 Å². The van der Waals surface area contributed by atoms with Gasteiger partial charge in [0.25, 0.3) is 0 Å². The van der Waals surface area contributed by atoms with E-state index in [1.54, 1.807) is 0 Å². The number of amides is 1. The molecule has 0 aliphatic heterocycles. The minimum atomic E-state index is 0.214. The van der Waals surface area contributed by atoms with Crippen molar-refractivity contribution in [1.29, 1.82) is 0 Å². The zero-order chi connectivity index (χ0) is 11.8. The van der Waals surface area contributed by atoms with Crippen molar-refractivity contribution in [1.82, 2.24) is 5.32 Å². The minimum Gasteiger partial charge on any atom is -0.353 e. The third-order valence-electron chi connectivity index (χ3n) is 3.31. The highest BCUT2D eigenvalue weighted by atomic mass is 32.2. The van der Waals surface area contributed by atoms with Gasteiger partial charge < -0.3 is 11.1 Å². The Kier molecular flexibility index (Phi) is 6.88. The first-order valence-corrected chi connectivity index (χ1v) is 7.65. The predicted octanol–water partition coefficient (Wildman–Crippen LogP) is 1.76. The van der Waals surface area contributed by atoms with E-state index in [1.165, 1.54) is 12.8 Å². The Hall–Kier alpha value is -0.220. The van der Waals surface area contributed by atoms with Crippen molar-refractivity contribution in [2.45, 2.75) is 44.6 Å². The van der Waals surface area contributed by atoms with Gasteiger partial charge in [-0.2, -0.15) is 11.8 Å². The fourth-order valence-electron chi connectivity index (χ4n) is 2.32. The molecule has 16 heavy (non-hydrogen) atoms. The number of carbonyl (C=O) groups is 1. The molecule has 3 N–H and O–H groups in total. The zero-order valence-electron chi connectivity index (χ0n) is 10.2. The monoisotopic (exact) mass is 244 g/mol. The molecule has 2 atom stereocenters. The number of carbonyl (C=O) groups excluding carboxylic acids is 1. The van der Waals surface area contributed by atoms with Crippen molar-refractivity contribution in [2.75, 3.05) is 18.6 Å². The predicted molar refractivity (Wildman–Crippen MR) is 70.6 cm³/mol. The van der Waals surface area contributed by atoms with Crippen molar-refractivity contribution < 1.29 is 4.79 Å². The van der Waals surface area contributed by atoms with E-state index in [1.807, 2.05) is 11.8 Å². The highest BCUT2D eigenvalue weighted by Crippen LogP contribution is 2.24. The maximum Gasteiger partial charge on any atom is 0.220 e. The summed E-state index contributed by atoms with van der Waals surface area (Å²) in [5.74, 6) is 1.88. The molecule has 1 saturated carbocycles. The summed E-state index contributed by atoms with van der Waals surface area (Å²) >= 11 is 1.84. The number of thioether (sulfide) groups is 1. The zero-order valence-corrected chi connectivity index (χ0v) is 11.0. The molecule has 0 aromatic carbocycles. The second-order valence-corrected chi connectivity index (χ2v) is 5.54. The summed E-state index contributed by atoms with van der Waals surface area (Å²) in [6.07, 6.45) is 8.41. The van der Waals surface area contributed by atoms with Crippen LogP contribution < -0.4 is 11.1 Å². The van der Waals surface area contributed by atoms with Gasteiger partial charge >= 0.3 is 0 Å². The van der Waals surface area contributed by atoms with E-state index >= 15 is 0 Å². The van der Waals surface area contributed by atoms with E-state index in [9.17, 15) is 4.79 Å². The summed E-state index contributed by atoms with van der Waals surface area (Å²) in [4.78, 5) is 11.7. The third kappa shape index (κ3) is 4.74. The number of hydrogen-bond donors (Lipinski definition) is 2. The summed E-state index contributed by atoms with van der Waals surface area (Å²) in [7, 11) is 0. The van der Waals surface area contributed by atoms with Gasteiger partial charge in [0.1, 0.15) is 0 Å². The molecule has 0 aromatic heterocycles. The molecule has 94 valence electrons. The van der Waals surface area contributed by atoms with Crippen LogP contribution in [0.15, 0.2) is 0 Å². The lowest BCUT2D eigenvalue weighted by Gasteiger charge is -2.19. The van der Waals surface area contributed by atoms with E-state index in [4.69, 9.17) is 5.73 Å². The lowest BCUT2D eigenvalue weighted by Crippen LogP contribution is -2.39. The van der Waals surface area contributed by atoms with Crippen LogP contribution in [0.1, 0.15) is 38.5 Å². The van der Waals surface area contributed by atoms with Gasteiger partial charge in [0.05, 0.1) is 0 Å². The number of nitrogens with two attached hydrogens (primary N) is 1. The highest BCUT2D eigenvalue weighted by Gasteiger charge is 2.26. The molecule has 1 fully saturated rings. The van der Waals surface area contributed by atoms with Gasteiger partial charge in [-0.25, -0.2) is 0 Å². The van der Waals surface area contributed by atoms with Crippen LogP contribution >= 0.6 is 11.8 Å². The lowest BCUT2D eigenvalue weighted by molar-refractivity contribution is -0.122. The number of hydrogen-bond acceptors (Lipinski definition) is 3. The number of unbranched alkanes of at least 4 members (excludes halogenated alkanes) is 1. The SMILES string of the molecule is CSCCCCC(=O)NC1CCCC1CN. The molecule has 0 bridgehead atoms. The molecule has 3 nitrogen and oxygen atoms in total. The first-order valence-electron chi connectivity index (χ1n) is 6.26. The van der Waals surface area contributed by atoms with Crippen molar-refractivity contribution in [3.8, 4) is 0 Å². The van der Waals surface area contributed by atoms with Gasteiger partial charge in [-0.05, 0) is 50.2 Å². The summed E-state index contributed by atoms with van der Waals surface area (Å²) in [5, 5.41) is 3.13. The van der Waals surface area contributed by atoms with E-state index in [-0.39, 0.29) is 5.91 Å². The molecule has 2 unspecified atom stereocenters. The van der Waals surface area contributed by atoms with Gasteiger partial charge in [0.2, 0.25) is 5.91 Å². The molecule has 0 heterocycles. The van der Waals surface area contributed by atoms with Gasteiger partial charge in [-0.3, -0.25) is 4.79 Å². The quantitative estimate of drug-likeness (QED) is 0.671. The van der Waals surface area contributed by atoms with Crippen LogP contribution in [-0.2, 0) is 4.79 Å². The largest absolute Gasteiger partial charge is 0.353 e. The molecular formula is C12H24N2OS. The van der Waals surface area contributed by atoms with Crippen LogP contribution in [0.4, 0.5) is 0 Å². The van der Waals surface area contributed by atoms with Gasteiger partial charge in [-0.1, -0.05) is 6.42 Å². The Morgan fingerprint density at radius 2 is 2.25 bits per heavy atom. The molecule has 1 rings (SSSR count). The highest BCUT2D eigenvalue weighted by molar-refractivity contribution is 7.98. The van der Waals surface area contributed by atoms with E-state index in [0.717, 1.165) is 25.0 Å². The van der Waals surface area contributed by atoms with Crippen LogP contribution in [0.5, 0.6) is 0 Å². The molecule has 0 saturated heterocycles. The minimum absolute atomic E-state index is 0.214. The summed E-state index contributed by atoms with van der Waals surface area (Å²) in [6, 6.07) is 0.345. The van der Waals surface area contributed by atoms with Crippen LogP contribution in [0, 0.1) is 5.92 Å². The standard InChI is InChI=1S/C12H24N2OS/c1-16-8-3-2-7-12(15)14-11-6-4-5-10(11)9-13/h10-11H,2-9,13H2,1H3,(H,14,15). The van der Waals surface area contributed by atoms with Crippen LogP contribution in [0.25, 0.3) is 0 Å². The molecule has 4 heteroatoms. The Morgan fingerprint density at radius 3 is 2.94 bits per heavy atom. The van der Waals surface area contributed by atoms with E-state index in [2.05, 4.69) is 11.6 Å². The Morgan fingerprint density at radius 1 is 1.44 bits per heavy atom. The second kappa shape index (κ2) is 7.96. The lowest BCUT2D eigenvalue weighted by atomic mass is 10.0. The molecule has 1 aliphatic rings. The molecule has 0 spiro atoms. The van der Waals surface area contributed by atoms with Gasteiger partial charge in [-0.15, -0.1) is 0 Å². The Labute approximate surface area is 103 Å². The first kappa shape index (κ1) is 13.8. The molecule has 1 aliphatic carbocycles. The fourth-order valence-corrected chi connectivity index (χ4v) is 2.81. The Balaban J connectivity index is 2.13. The fraction of sp³-hybridized carbons (Fsp3) is 0.917.